The van der Waals surface area contributed by atoms with E-state index in [0.717, 1.165) is 17.1 Å². The van der Waals surface area contributed by atoms with Gasteiger partial charge in [-0.1, -0.05) is 12.1 Å². The molecule has 2 rings (SSSR count). The van der Waals surface area contributed by atoms with Crippen LogP contribution in [0.25, 0.3) is 6.08 Å². The minimum atomic E-state index is -0.303. The highest BCUT2D eigenvalue weighted by molar-refractivity contribution is 5.91. The van der Waals surface area contributed by atoms with E-state index < -0.39 is 0 Å². The number of carbonyl (C=O) groups is 1. The number of nitrogens with one attached hydrogen (secondary N) is 1. The van der Waals surface area contributed by atoms with Crippen molar-refractivity contribution >= 4 is 12.0 Å². The van der Waals surface area contributed by atoms with E-state index in [1.165, 1.54) is 18.2 Å². The van der Waals surface area contributed by atoms with E-state index in [-0.39, 0.29) is 11.7 Å². The van der Waals surface area contributed by atoms with E-state index in [1.54, 1.807) is 18.2 Å². The molecular formula is C19H20FNO3. The van der Waals surface area contributed by atoms with Crippen LogP contribution in [0.15, 0.2) is 54.6 Å². The monoisotopic (exact) mass is 329 g/mol. The van der Waals surface area contributed by atoms with Gasteiger partial charge in [0.15, 0.2) is 0 Å². The molecule has 0 saturated heterocycles. The summed E-state index contributed by atoms with van der Waals surface area (Å²) in [5, 5.41) is 2.72. The van der Waals surface area contributed by atoms with Crippen molar-refractivity contribution < 1.29 is 18.7 Å². The first-order valence-corrected chi connectivity index (χ1v) is 7.74. The van der Waals surface area contributed by atoms with Gasteiger partial charge in [-0.2, -0.15) is 0 Å². The van der Waals surface area contributed by atoms with Gasteiger partial charge >= 0.3 is 0 Å². The second-order valence-corrected chi connectivity index (χ2v) is 4.93. The molecule has 0 aromatic heterocycles. The minimum absolute atomic E-state index is 0.227. The number of rotatable bonds is 8. The van der Waals surface area contributed by atoms with Crippen molar-refractivity contribution in [2.75, 3.05) is 19.8 Å². The molecule has 0 bridgehead atoms. The van der Waals surface area contributed by atoms with Gasteiger partial charge in [-0.3, -0.25) is 4.79 Å². The number of hydrogen-bond acceptors (Lipinski definition) is 3. The smallest absolute Gasteiger partial charge is 0.244 e. The summed E-state index contributed by atoms with van der Waals surface area (Å²) in [5.41, 5.74) is 0.761. The van der Waals surface area contributed by atoms with Crippen molar-refractivity contribution in [3.63, 3.8) is 0 Å². The molecule has 5 heteroatoms. The van der Waals surface area contributed by atoms with Gasteiger partial charge in [-0.05, 0) is 55.0 Å². The zero-order valence-corrected chi connectivity index (χ0v) is 13.5. The van der Waals surface area contributed by atoms with Crippen molar-refractivity contribution in [2.45, 2.75) is 6.92 Å². The number of halogens is 1. The molecule has 0 radical (unpaired) electrons. The number of carbonyl (C=O) groups excluding carboxylic acids is 1. The van der Waals surface area contributed by atoms with Crippen molar-refractivity contribution in [1.82, 2.24) is 5.32 Å². The van der Waals surface area contributed by atoms with Crippen molar-refractivity contribution in [3.05, 3.63) is 66.0 Å². The summed E-state index contributed by atoms with van der Waals surface area (Å²) in [6.07, 6.45) is 3.03. The standard InChI is InChI=1S/C19H20FNO3/c1-2-23-17-8-10-18(11-9-17)24-14-13-21-19(22)12-5-15-3-6-16(20)7-4-15/h3-12H,2,13-14H2,1H3,(H,21,22)/b12-5+. The third kappa shape index (κ3) is 6.12. The third-order valence-corrected chi connectivity index (χ3v) is 3.10. The summed E-state index contributed by atoms with van der Waals surface area (Å²) >= 11 is 0. The molecule has 0 aliphatic heterocycles. The molecule has 0 aliphatic carbocycles. The average molecular weight is 329 g/mol. The van der Waals surface area contributed by atoms with Crippen LogP contribution in [0.1, 0.15) is 12.5 Å². The fraction of sp³-hybridized carbons (Fsp3) is 0.211. The Kier molecular flexibility index (Phi) is 6.83. The second kappa shape index (κ2) is 9.35. The summed E-state index contributed by atoms with van der Waals surface area (Å²) in [7, 11) is 0. The van der Waals surface area contributed by atoms with Crippen LogP contribution in [0.2, 0.25) is 0 Å². The van der Waals surface area contributed by atoms with Crippen LogP contribution in [-0.4, -0.2) is 25.7 Å². The van der Waals surface area contributed by atoms with Crippen LogP contribution in [-0.2, 0) is 4.79 Å². The normalized spacial score (nSPS) is 10.6. The molecule has 0 aliphatic rings. The lowest BCUT2D eigenvalue weighted by molar-refractivity contribution is -0.116. The fourth-order valence-electron chi connectivity index (χ4n) is 1.95. The second-order valence-electron chi connectivity index (χ2n) is 4.93. The van der Waals surface area contributed by atoms with Gasteiger partial charge in [0.05, 0.1) is 13.2 Å². The first-order chi connectivity index (χ1) is 11.7. The molecule has 0 atom stereocenters. The largest absolute Gasteiger partial charge is 0.494 e. The zero-order chi connectivity index (χ0) is 17.2. The SMILES string of the molecule is CCOc1ccc(OCCNC(=O)/C=C/c2ccc(F)cc2)cc1. The van der Waals surface area contributed by atoms with E-state index in [4.69, 9.17) is 9.47 Å². The Labute approximate surface area is 140 Å². The molecule has 24 heavy (non-hydrogen) atoms. The van der Waals surface area contributed by atoms with Crippen molar-refractivity contribution in [1.29, 1.82) is 0 Å². The number of hydrogen-bond donors (Lipinski definition) is 1. The Morgan fingerprint density at radius 2 is 1.67 bits per heavy atom. The lowest BCUT2D eigenvalue weighted by Gasteiger charge is -2.08. The molecule has 4 nitrogen and oxygen atoms in total. The molecular weight excluding hydrogens is 309 g/mol. The van der Waals surface area contributed by atoms with Crippen LogP contribution in [0.5, 0.6) is 11.5 Å². The van der Waals surface area contributed by atoms with Crippen LogP contribution in [0, 0.1) is 5.82 Å². The summed E-state index contributed by atoms with van der Waals surface area (Å²) in [6.45, 7) is 3.30. The summed E-state index contributed by atoms with van der Waals surface area (Å²) in [4.78, 5) is 11.7. The Hall–Kier alpha value is -2.82. The van der Waals surface area contributed by atoms with Crippen LogP contribution in [0.3, 0.4) is 0 Å². The van der Waals surface area contributed by atoms with Gasteiger partial charge in [0.2, 0.25) is 5.91 Å². The maximum Gasteiger partial charge on any atom is 0.244 e. The van der Waals surface area contributed by atoms with Gasteiger partial charge in [0.25, 0.3) is 0 Å². The van der Waals surface area contributed by atoms with E-state index in [9.17, 15) is 9.18 Å². The van der Waals surface area contributed by atoms with E-state index >= 15 is 0 Å². The maximum atomic E-state index is 12.8. The summed E-state index contributed by atoms with van der Waals surface area (Å²) in [6, 6.07) is 13.2. The Morgan fingerprint density at radius 1 is 1.04 bits per heavy atom. The topological polar surface area (TPSA) is 47.6 Å². The molecule has 126 valence electrons. The van der Waals surface area contributed by atoms with Gasteiger partial charge in [0, 0.05) is 6.08 Å². The first-order valence-electron chi connectivity index (χ1n) is 7.74. The van der Waals surface area contributed by atoms with Crippen LogP contribution in [0.4, 0.5) is 4.39 Å². The Morgan fingerprint density at radius 3 is 2.29 bits per heavy atom. The van der Waals surface area contributed by atoms with Gasteiger partial charge in [-0.25, -0.2) is 4.39 Å². The van der Waals surface area contributed by atoms with Gasteiger partial charge < -0.3 is 14.8 Å². The molecule has 0 saturated carbocycles. The molecule has 1 N–H and O–H groups in total. The third-order valence-electron chi connectivity index (χ3n) is 3.10. The van der Waals surface area contributed by atoms with Gasteiger partial charge in [0.1, 0.15) is 23.9 Å². The fourth-order valence-corrected chi connectivity index (χ4v) is 1.95. The number of amides is 1. The molecule has 0 spiro atoms. The van der Waals surface area contributed by atoms with E-state index in [2.05, 4.69) is 5.32 Å². The molecule has 0 unspecified atom stereocenters. The molecule has 0 fully saturated rings. The molecule has 1 amide bonds. The highest BCUT2D eigenvalue weighted by Gasteiger charge is 1.98. The van der Waals surface area contributed by atoms with Crippen molar-refractivity contribution in [2.24, 2.45) is 0 Å². The molecule has 0 heterocycles. The van der Waals surface area contributed by atoms with E-state index in [0.29, 0.717) is 19.8 Å². The quantitative estimate of drug-likeness (QED) is 0.596. The average Bonchev–Trinajstić information content (AvgIpc) is 2.60. The highest BCUT2D eigenvalue weighted by atomic mass is 19.1. The summed E-state index contributed by atoms with van der Waals surface area (Å²) < 4.78 is 23.6. The highest BCUT2D eigenvalue weighted by Crippen LogP contribution is 2.17. The predicted molar refractivity (Wildman–Crippen MR) is 91.5 cm³/mol. The van der Waals surface area contributed by atoms with Crippen LogP contribution >= 0.6 is 0 Å². The number of ether oxygens (including phenoxy) is 2. The number of benzene rings is 2. The zero-order valence-electron chi connectivity index (χ0n) is 13.5. The predicted octanol–water partition coefficient (Wildman–Crippen LogP) is 3.43. The Balaban J connectivity index is 1.67. The lowest BCUT2D eigenvalue weighted by atomic mass is 10.2. The van der Waals surface area contributed by atoms with Crippen LogP contribution < -0.4 is 14.8 Å². The Bertz CT molecular complexity index is 666. The molecule has 2 aromatic rings. The maximum absolute atomic E-state index is 12.8. The van der Waals surface area contributed by atoms with Crippen molar-refractivity contribution in [3.8, 4) is 11.5 Å². The van der Waals surface area contributed by atoms with Gasteiger partial charge in [-0.15, -0.1) is 0 Å². The summed E-state index contributed by atoms with van der Waals surface area (Å²) in [5.74, 6) is 0.983. The first kappa shape index (κ1) is 17.5. The lowest BCUT2D eigenvalue weighted by Crippen LogP contribution is -2.26. The minimum Gasteiger partial charge on any atom is -0.494 e. The molecule has 2 aromatic carbocycles. The van der Waals surface area contributed by atoms with E-state index in [1.807, 2.05) is 31.2 Å².